The predicted molar refractivity (Wildman–Crippen MR) is 111 cm³/mol. The van der Waals surface area contributed by atoms with Crippen LogP contribution in [0.15, 0.2) is 65.8 Å². The van der Waals surface area contributed by atoms with Crippen LogP contribution in [0.5, 0.6) is 0 Å². The summed E-state index contributed by atoms with van der Waals surface area (Å²) in [5.74, 6) is 0. The van der Waals surface area contributed by atoms with Gasteiger partial charge in [0.2, 0.25) is 0 Å². The zero-order chi connectivity index (χ0) is 19.8. The highest BCUT2D eigenvalue weighted by Gasteiger charge is 2.18. The maximum absolute atomic E-state index is 12.9. The molecule has 4 heteroatoms. The van der Waals surface area contributed by atoms with E-state index in [0.29, 0.717) is 11.3 Å². The number of benzene rings is 2. The van der Waals surface area contributed by atoms with Crippen LogP contribution in [0, 0.1) is 13.8 Å². The van der Waals surface area contributed by atoms with Crippen LogP contribution < -0.4 is 0 Å². The maximum Gasteiger partial charge on any atom is 0.267 e. The Morgan fingerprint density at radius 1 is 0.852 bits per heavy atom. The minimum atomic E-state index is -3.56. The molecule has 0 atom stereocenters. The van der Waals surface area contributed by atoms with Crippen LogP contribution in [0.4, 0.5) is 0 Å². The van der Waals surface area contributed by atoms with Crippen LogP contribution in [0.1, 0.15) is 48.6 Å². The Morgan fingerprint density at radius 2 is 1.44 bits per heavy atom. The van der Waals surface area contributed by atoms with Gasteiger partial charge in [-0.2, -0.15) is 0 Å². The molecule has 142 valence electrons. The van der Waals surface area contributed by atoms with Crippen molar-refractivity contribution >= 4 is 10.0 Å². The molecule has 0 amide bonds. The van der Waals surface area contributed by atoms with Gasteiger partial charge in [-0.1, -0.05) is 62.7 Å². The van der Waals surface area contributed by atoms with E-state index >= 15 is 0 Å². The standard InChI is InChI=1S/C23H27NO2S/c1-17-6-12-22(13-7-17)27(25,26)24-15-18(2)20(16-24)14-19-8-10-21(11-9-19)23(3,4)5/h6-13,15-16H,14H2,1-5H3. The molecule has 0 spiro atoms. The van der Waals surface area contributed by atoms with E-state index in [4.69, 9.17) is 0 Å². The van der Waals surface area contributed by atoms with E-state index in [2.05, 4.69) is 45.0 Å². The highest BCUT2D eigenvalue weighted by atomic mass is 32.2. The molecule has 0 radical (unpaired) electrons. The number of hydrogen-bond acceptors (Lipinski definition) is 2. The SMILES string of the molecule is Cc1ccc(S(=O)(=O)n2cc(C)c(Cc3ccc(C(C)(C)C)cc3)c2)cc1. The molecule has 0 aliphatic rings. The van der Waals surface area contributed by atoms with Crippen LogP contribution in [0.3, 0.4) is 0 Å². The summed E-state index contributed by atoms with van der Waals surface area (Å²) in [6.45, 7) is 10.5. The van der Waals surface area contributed by atoms with Gasteiger partial charge < -0.3 is 0 Å². The molecule has 3 aromatic rings. The molecule has 3 rings (SSSR count). The van der Waals surface area contributed by atoms with Crippen molar-refractivity contribution in [3.8, 4) is 0 Å². The molecule has 0 aliphatic carbocycles. The van der Waals surface area contributed by atoms with Gasteiger partial charge in [0.15, 0.2) is 0 Å². The lowest BCUT2D eigenvalue weighted by Gasteiger charge is -2.19. The molecular formula is C23H27NO2S. The number of nitrogens with zero attached hydrogens (tertiary/aromatic N) is 1. The fraction of sp³-hybridized carbons (Fsp3) is 0.304. The first-order chi connectivity index (χ1) is 12.6. The molecule has 3 nitrogen and oxygen atoms in total. The average molecular weight is 382 g/mol. The van der Waals surface area contributed by atoms with Crippen LogP contribution in [0.25, 0.3) is 0 Å². The van der Waals surface area contributed by atoms with Gasteiger partial charge in [-0.15, -0.1) is 0 Å². The van der Waals surface area contributed by atoms with E-state index in [9.17, 15) is 8.42 Å². The lowest BCUT2D eigenvalue weighted by molar-refractivity contribution is 0.587. The summed E-state index contributed by atoms with van der Waals surface area (Å²) >= 11 is 0. The summed E-state index contributed by atoms with van der Waals surface area (Å²) in [4.78, 5) is 0.309. The second-order valence-corrected chi connectivity index (χ2v) is 10.1. The first kappa shape index (κ1) is 19.4. The van der Waals surface area contributed by atoms with E-state index in [1.54, 1.807) is 24.5 Å². The first-order valence-corrected chi connectivity index (χ1v) is 10.6. The zero-order valence-electron chi connectivity index (χ0n) is 16.7. The smallest absolute Gasteiger partial charge is 0.248 e. The molecule has 1 heterocycles. The van der Waals surface area contributed by atoms with Crippen molar-refractivity contribution in [3.63, 3.8) is 0 Å². The fourth-order valence-corrected chi connectivity index (χ4v) is 4.35. The van der Waals surface area contributed by atoms with Gasteiger partial charge in [-0.25, -0.2) is 12.4 Å². The minimum Gasteiger partial charge on any atom is -0.248 e. The lowest BCUT2D eigenvalue weighted by atomic mass is 9.86. The quantitative estimate of drug-likeness (QED) is 0.621. The Labute approximate surface area is 162 Å². The van der Waals surface area contributed by atoms with Crippen molar-refractivity contribution in [1.82, 2.24) is 3.97 Å². The first-order valence-electron chi connectivity index (χ1n) is 9.16. The molecule has 0 fully saturated rings. The number of hydrogen-bond donors (Lipinski definition) is 0. The highest BCUT2D eigenvalue weighted by Crippen LogP contribution is 2.24. The third-order valence-electron chi connectivity index (χ3n) is 4.92. The monoisotopic (exact) mass is 381 g/mol. The van der Waals surface area contributed by atoms with Crippen molar-refractivity contribution < 1.29 is 8.42 Å². The third kappa shape index (κ3) is 4.16. The van der Waals surface area contributed by atoms with Crippen molar-refractivity contribution in [1.29, 1.82) is 0 Å². The second-order valence-electron chi connectivity index (χ2n) is 8.24. The van der Waals surface area contributed by atoms with Gasteiger partial charge in [0.1, 0.15) is 0 Å². The molecule has 0 N–H and O–H groups in total. The van der Waals surface area contributed by atoms with Crippen LogP contribution in [-0.2, 0) is 21.9 Å². The number of aromatic nitrogens is 1. The van der Waals surface area contributed by atoms with Gasteiger partial charge in [0, 0.05) is 12.4 Å². The molecule has 0 bridgehead atoms. The summed E-state index contributed by atoms with van der Waals surface area (Å²) in [5.41, 5.74) is 5.63. The van der Waals surface area contributed by atoms with Gasteiger partial charge in [0.05, 0.1) is 4.90 Å². The average Bonchev–Trinajstić information content (AvgIpc) is 2.96. The lowest BCUT2D eigenvalue weighted by Crippen LogP contribution is -2.11. The van der Waals surface area contributed by atoms with E-state index in [1.165, 1.54) is 15.1 Å². The Kier molecular flexibility index (Phi) is 5.04. The second kappa shape index (κ2) is 7.01. The van der Waals surface area contributed by atoms with Crippen LogP contribution in [0.2, 0.25) is 0 Å². The maximum atomic E-state index is 12.9. The Balaban J connectivity index is 1.87. The summed E-state index contributed by atoms with van der Waals surface area (Å²) in [5, 5.41) is 0. The number of aryl methyl sites for hydroxylation is 2. The topological polar surface area (TPSA) is 39.1 Å². The van der Waals surface area contributed by atoms with Gasteiger partial charge in [-0.3, -0.25) is 0 Å². The van der Waals surface area contributed by atoms with Gasteiger partial charge in [-0.05, 0) is 60.1 Å². The molecule has 27 heavy (non-hydrogen) atoms. The Bertz CT molecular complexity index is 1040. The van der Waals surface area contributed by atoms with Crippen molar-refractivity contribution in [3.05, 3.63) is 88.7 Å². The van der Waals surface area contributed by atoms with E-state index in [1.807, 2.05) is 26.0 Å². The van der Waals surface area contributed by atoms with E-state index < -0.39 is 10.0 Å². The predicted octanol–water partition coefficient (Wildman–Crippen LogP) is 5.23. The Hall–Kier alpha value is -2.33. The highest BCUT2D eigenvalue weighted by molar-refractivity contribution is 7.90. The van der Waals surface area contributed by atoms with Crippen molar-refractivity contribution in [2.24, 2.45) is 0 Å². The largest absolute Gasteiger partial charge is 0.267 e. The molecule has 0 saturated carbocycles. The molecular weight excluding hydrogens is 354 g/mol. The van der Waals surface area contributed by atoms with Crippen LogP contribution in [-0.4, -0.2) is 12.4 Å². The third-order valence-corrected chi connectivity index (χ3v) is 6.56. The van der Waals surface area contributed by atoms with E-state index in [-0.39, 0.29) is 5.41 Å². The fourth-order valence-electron chi connectivity index (χ4n) is 3.06. The van der Waals surface area contributed by atoms with E-state index in [0.717, 1.165) is 16.7 Å². The molecule has 0 aliphatic heterocycles. The summed E-state index contributed by atoms with van der Waals surface area (Å²) in [6, 6.07) is 15.5. The molecule has 0 saturated heterocycles. The Morgan fingerprint density at radius 3 is 2.00 bits per heavy atom. The molecule has 2 aromatic carbocycles. The summed E-state index contributed by atoms with van der Waals surface area (Å²) in [6.07, 6.45) is 4.16. The number of rotatable bonds is 4. The minimum absolute atomic E-state index is 0.125. The summed E-state index contributed by atoms with van der Waals surface area (Å²) in [7, 11) is -3.56. The van der Waals surface area contributed by atoms with Crippen molar-refractivity contribution in [2.45, 2.75) is 51.3 Å². The molecule has 1 aromatic heterocycles. The van der Waals surface area contributed by atoms with Gasteiger partial charge >= 0.3 is 0 Å². The van der Waals surface area contributed by atoms with Crippen LogP contribution >= 0.6 is 0 Å². The van der Waals surface area contributed by atoms with Gasteiger partial charge in [0.25, 0.3) is 10.0 Å². The molecule has 0 unspecified atom stereocenters. The summed E-state index contributed by atoms with van der Waals surface area (Å²) < 4.78 is 27.1. The normalized spacial score (nSPS) is 12.3. The van der Waals surface area contributed by atoms with Crippen molar-refractivity contribution in [2.75, 3.05) is 0 Å². The zero-order valence-corrected chi connectivity index (χ0v) is 17.5.